The van der Waals surface area contributed by atoms with E-state index in [1.807, 2.05) is 51.1 Å². The minimum atomic E-state index is -1.04. The van der Waals surface area contributed by atoms with Crippen molar-refractivity contribution in [2.45, 2.75) is 117 Å². The van der Waals surface area contributed by atoms with Gasteiger partial charge in [-0.2, -0.15) is 0 Å². The number of carbonyl (C=O) groups is 3. The smallest absolute Gasteiger partial charge is 0.237 e. The highest BCUT2D eigenvalue weighted by atomic mass is 16.3. The maximum absolute atomic E-state index is 13.4. The second-order valence-electron chi connectivity index (χ2n) is 12.8. The highest BCUT2D eigenvalue weighted by Gasteiger charge is 2.38. The number of β-amino-alcohol motifs (C(OH)–C–C–N with tert-alkyl or cyclic N) is 1. The van der Waals surface area contributed by atoms with Crippen molar-refractivity contribution in [3.05, 3.63) is 35.9 Å². The second kappa shape index (κ2) is 14.8. The number of carbonyl (C=O) groups excluding carboxylic acids is 3. The molecule has 1 aromatic rings. The summed E-state index contributed by atoms with van der Waals surface area (Å²) in [4.78, 5) is 40.8. The predicted molar refractivity (Wildman–Crippen MR) is 156 cm³/mol. The molecule has 0 aliphatic carbocycles. The Hall–Kier alpha value is -2.45. The van der Waals surface area contributed by atoms with E-state index in [1.165, 1.54) is 12.8 Å². The first-order chi connectivity index (χ1) is 18.2. The SMILES string of the molecule is C[C@@H](C(=O)N[C@@H](Cc1ccccc1)[C@H](O)CN1CCCCCCCC[C@H]1C(=O)NC(C)(C)C)C(C)(C)C(N)=O. The molecule has 2 rings (SSSR count). The quantitative estimate of drug-likeness (QED) is 0.359. The lowest BCUT2D eigenvalue weighted by molar-refractivity contribution is -0.138. The average Bonchev–Trinajstić information content (AvgIpc) is 2.86. The van der Waals surface area contributed by atoms with Gasteiger partial charge in [0.1, 0.15) is 0 Å². The van der Waals surface area contributed by atoms with Gasteiger partial charge in [0, 0.05) is 18.0 Å². The molecule has 8 heteroatoms. The lowest BCUT2D eigenvalue weighted by Crippen LogP contribution is -2.57. The third kappa shape index (κ3) is 10.6. The van der Waals surface area contributed by atoms with Crippen LogP contribution in [0.1, 0.15) is 92.1 Å². The molecule has 1 aliphatic rings. The van der Waals surface area contributed by atoms with E-state index in [0.717, 1.165) is 37.7 Å². The summed E-state index contributed by atoms with van der Waals surface area (Å²) >= 11 is 0. The van der Waals surface area contributed by atoms with Crippen LogP contribution in [0.5, 0.6) is 0 Å². The summed E-state index contributed by atoms with van der Waals surface area (Å²) in [5.74, 6) is -1.58. The first kappa shape index (κ1) is 32.8. The number of benzene rings is 1. The van der Waals surface area contributed by atoms with Crippen molar-refractivity contribution in [2.24, 2.45) is 17.1 Å². The monoisotopic (exact) mass is 544 g/mol. The van der Waals surface area contributed by atoms with Crippen LogP contribution in [-0.4, -0.2) is 64.5 Å². The number of amides is 3. The van der Waals surface area contributed by atoms with Crippen molar-refractivity contribution in [3.8, 4) is 0 Å². The number of nitrogens with two attached hydrogens (primary N) is 1. The van der Waals surface area contributed by atoms with Gasteiger partial charge in [-0.05, 0) is 52.1 Å². The van der Waals surface area contributed by atoms with E-state index >= 15 is 0 Å². The Kier molecular flexibility index (Phi) is 12.4. The van der Waals surface area contributed by atoms with Gasteiger partial charge in [-0.25, -0.2) is 0 Å². The zero-order valence-electron chi connectivity index (χ0n) is 25.0. The van der Waals surface area contributed by atoms with E-state index in [0.29, 0.717) is 13.0 Å². The van der Waals surface area contributed by atoms with Gasteiger partial charge in [0.05, 0.1) is 23.6 Å². The van der Waals surface area contributed by atoms with E-state index in [-0.39, 0.29) is 29.9 Å². The van der Waals surface area contributed by atoms with Crippen LogP contribution in [0.15, 0.2) is 30.3 Å². The largest absolute Gasteiger partial charge is 0.390 e. The zero-order valence-corrected chi connectivity index (χ0v) is 25.0. The van der Waals surface area contributed by atoms with Crippen LogP contribution < -0.4 is 16.4 Å². The first-order valence-corrected chi connectivity index (χ1v) is 14.6. The van der Waals surface area contributed by atoms with Crippen molar-refractivity contribution in [2.75, 3.05) is 13.1 Å². The summed E-state index contributed by atoms with van der Waals surface area (Å²) in [5.41, 5.74) is 5.15. The molecule has 8 nitrogen and oxygen atoms in total. The van der Waals surface area contributed by atoms with E-state index in [9.17, 15) is 19.5 Å². The Morgan fingerprint density at radius 2 is 1.59 bits per heavy atom. The molecular formula is C31H52N4O4. The Labute approximate surface area is 235 Å². The van der Waals surface area contributed by atoms with Crippen LogP contribution in [0.4, 0.5) is 0 Å². The number of hydrogen-bond acceptors (Lipinski definition) is 5. The van der Waals surface area contributed by atoms with Gasteiger partial charge >= 0.3 is 0 Å². The van der Waals surface area contributed by atoms with Gasteiger partial charge in [0.2, 0.25) is 17.7 Å². The van der Waals surface area contributed by atoms with E-state index in [1.54, 1.807) is 20.8 Å². The molecule has 0 aromatic heterocycles. The number of nitrogens with one attached hydrogen (secondary N) is 2. The van der Waals surface area contributed by atoms with Crippen LogP contribution in [0.2, 0.25) is 0 Å². The normalized spacial score (nSPS) is 20.3. The van der Waals surface area contributed by atoms with E-state index in [2.05, 4.69) is 15.5 Å². The second-order valence-corrected chi connectivity index (χ2v) is 12.8. The third-order valence-corrected chi connectivity index (χ3v) is 8.04. The highest BCUT2D eigenvalue weighted by Crippen LogP contribution is 2.27. The van der Waals surface area contributed by atoms with E-state index in [4.69, 9.17) is 5.73 Å². The summed E-state index contributed by atoms with van der Waals surface area (Å²) in [7, 11) is 0. The van der Waals surface area contributed by atoms with E-state index < -0.39 is 29.4 Å². The third-order valence-electron chi connectivity index (χ3n) is 8.04. The van der Waals surface area contributed by atoms with Gasteiger partial charge in [0.15, 0.2) is 0 Å². The first-order valence-electron chi connectivity index (χ1n) is 14.6. The Morgan fingerprint density at radius 1 is 1.00 bits per heavy atom. The van der Waals surface area contributed by atoms with Crippen LogP contribution in [0, 0.1) is 11.3 Å². The van der Waals surface area contributed by atoms with Crippen molar-refractivity contribution < 1.29 is 19.5 Å². The summed E-state index contributed by atoms with van der Waals surface area (Å²) in [6.45, 7) is 11.9. The fraction of sp³-hybridized carbons (Fsp3) is 0.710. The van der Waals surface area contributed by atoms with Crippen molar-refractivity contribution >= 4 is 17.7 Å². The summed E-state index contributed by atoms with van der Waals surface area (Å²) < 4.78 is 0. The molecule has 5 N–H and O–H groups in total. The Bertz CT molecular complexity index is 928. The van der Waals surface area contributed by atoms with Crippen molar-refractivity contribution in [1.82, 2.24) is 15.5 Å². The lowest BCUT2D eigenvalue weighted by atomic mass is 9.78. The average molecular weight is 545 g/mol. The molecule has 1 aromatic carbocycles. The summed E-state index contributed by atoms with van der Waals surface area (Å²) in [5, 5.41) is 17.8. The molecule has 39 heavy (non-hydrogen) atoms. The zero-order chi connectivity index (χ0) is 29.2. The maximum atomic E-state index is 13.4. The van der Waals surface area contributed by atoms with Gasteiger partial charge < -0.3 is 21.5 Å². The molecule has 1 saturated heterocycles. The molecule has 1 aliphatic heterocycles. The molecule has 1 heterocycles. The molecular weight excluding hydrogens is 492 g/mol. The lowest BCUT2D eigenvalue weighted by Gasteiger charge is -2.37. The maximum Gasteiger partial charge on any atom is 0.237 e. The Balaban J connectivity index is 2.31. The molecule has 0 saturated carbocycles. The van der Waals surface area contributed by atoms with Crippen LogP contribution >= 0.6 is 0 Å². The molecule has 0 spiro atoms. The van der Waals surface area contributed by atoms with Gasteiger partial charge in [-0.3, -0.25) is 19.3 Å². The van der Waals surface area contributed by atoms with Crippen molar-refractivity contribution in [3.63, 3.8) is 0 Å². The molecule has 1 fully saturated rings. The molecule has 220 valence electrons. The van der Waals surface area contributed by atoms with Gasteiger partial charge in [-0.15, -0.1) is 0 Å². The Morgan fingerprint density at radius 3 is 2.18 bits per heavy atom. The molecule has 4 atom stereocenters. The standard InChI is InChI=1S/C31H52N4O4/c1-22(31(5,6)29(32)39)27(37)33-24(20-23-16-12-11-13-17-23)26(36)21-35-19-15-10-8-7-9-14-18-25(35)28(38)34-30(2,3)4/h11-13,16-17,22,24-26,36H,7-10,14-15,18-21H2,1-6H3,(H2,32,39)(H,33,37)(H,34,38)/t22-,24-,25-,26+/m0/s1. The number of rotatable bonds is 10. The van der Waals surface area contributed by atoms with Crippen molar-refractivity contribution in [1.29, 1.82) is 0 Å². The fourth-order valence-electron chi connectivity index (χ4n) is 5.03. The number of aliphatic hydroxyl groups is 1. The summed E-state index contributed by atoms with van der Waals surface area (Å²) in [6, 6.07) is 8.76. The number of primary amides is 1. The van der Waals surface area contributed by atoms with Crippen LogP contribution in [-0.2, 0) is 20.8 Å². The van der Waals surface area contributed by atoms with Gasteiger partial charge in [0.25, 0.3) is 0 Å². The predicted octanol–water partition coefficient (Wildman–Crippen LogP) is 3.55. The molecule has 0 unspecified atom stereocenters. The number of hydrogen-bond donors (Lipinski definition) is 4. The topological polar surface area (TPSA) is 125 Å². The number of nitrogens with zero attached hydrogens (tertiary/aromatic N) is 1. The van der Waals surface area contributed by atoms with Crippen LogP contribution in [0.25, 0.3) is 0 Å². The molecule has 0 bridgehead atoms. The fourth-order valence-corrected chi connectivity index (χ4v) is 5.03. The number of aliphatic hydroxyl groups excluding tert-OH is 1. The highest BCUT2D eigenvalue weighted by molar-refractivity contribution is 5.89. The van der Waals surface area contributed by atoms with Crippen LogP contribution in [0.3, 0.4) is 0 Å². The van der Waals surface area contributed by atoms with Gasteiger partial charge in [-0.1, -0.05) is 83.2 Å². The molecule has 3 amide bonds. The molecule has 0 radical (unpaired) electrons. The minimum Gasteiger partial charge on any atom is -0.390 e. The summed E-state index contributed by atoms with van der Waals surface area (Å²) in [6.07, 6.45) is 6.67. The minimum absolute atomic E-state index is 0.0178.